The Labute approximate surface area is 158 Å². The molecule has 0 aliphatic heterocycles. The van der Waals surface area contributed by atoms with E-state index in [2.05, 4.69) is 10.6 Å². The van der Waals surface area contributed by atoms with E-state index in [1.807, 2.05) is 0 Å². The average Bonchev–Trinajstić information content (AvgIpc) is 2.56. The molecule has 2 N–H and O–H groups in total. The molecule has 138 valence electrons. The van der Waals surface area contributed by atoms with Crippen molar-refractivity contribution in [2.24, 2.45) is 0 Å². The van der Waals surface area contributed by atoms with Crippen molar-refractivity contribution in [3.8, 4) is 5.75 Å². The summed E-state index contributed by atoms with van der Waals surface area (Å²) in [4.78, 5) is 12.2. The highest BCUT2D eigenvalue weighted by Gasteiger charge is 2.33. The maximum absolute atomic E-state index is 13.0. The summed E-state index contributed by atoms with van der Waals surface area (Å²) in [6.07, 6.45) is -4.55. The first-order valence-corrected chi connectivity index (χ1v) is 8.22. The second-order valence-corrected chi connectivity index (χ2v) is 5.85. The normalized spacial score (nSPS) is 11.0. The smallest absolute Gasteiger partial charge is 0.418 e. The van der Waals surface area contributed by atoms with Gasteiger partial charge in [-0.3, -0.25) is 10.1 Å². The summed E-state index contributed by atoms with van der Waals surface area (Å²) >= 11 is 10.9. The molecule has 0 radical (unpaired) electrons. The van der Waals surface area contributed by atoms with Gasteiger partial charge in [0.15, 0.2) is 5.11 Å². The Hall–Kier alpha value is -2.32. The molecule has 26 heavy (non-hydrogen) atoms. The minimum absolute atomic E-state index is 0.187. The quantitative estimate of drug-likeness (QED) is 0.715. The minimum atomic E-state index is -4.55. The van der Waals surface area contributed by atoms with Crippen LogP contribution in [0.2, 0.25) is 5.02 Å². The van der Waals surface area contributed by atoms with Crippen molar-refractivity contribution in [1.29, 1.82) is 0 Å². The van der Waals surface area contributed by atoms with Crippen molar-refractivity contribution in [3.63, 3.8) is 0 Å². The van der Waals surface area contributed by atoms with Gasteiger partial charge in [-0.1, -0.05) is 23.7 Å². The first-order chi connectivity index (χ1) is 12.2. The van der Waals surface area contributed by atoms with E-state index in [-0.39, 0.29) is 21.4 Å². The van der Waals surface area contributed by atoms with Crippen LogP contribution in [0, 0.1) is 0 Å². The molecule has 0 saturated heterocycles. The topological polar surface area (TPSA) is 50.4 Å². The Kier molecular flexibility index (Phi) is 6.44. The first-order valence-electron chi connectivity index (χ1n) is 7.43. The lowest BCUT2D eigenvalue weighted by Crippen LogP contribution is -2.34. The lowest BCUT2D eigenvalue weighted by molar-refractivity contribution is -0.136. The highest BCUT2D eigenvalue weighted by molar-refractivity contribution is 7.80. The summed E-state index contributed by atoms with van der Waals surface area (Å²) in [6.45, 7) is 2.21. The number of benzene rings is 2. The van der Waals surface area contributed by atoms with Crippen LogP contribution < -0.4 is 15.4 Å². The molecule has 0 fully saturated rings. The third kappa shape index (κ3) is 5.09. The van der Waals surface area contributed by atoms with Gasteiger partial charge in [0.1, 0.15) is 5.75 Å². The zero-order valence-electron chi connectivity index (χ0n) is 13.5. The monoisotopic (exact) mass is 402 g/mol. The molecule has 9 heteroatoms. The van der Waals surface area contributed by atoms with Crippen LogP contribution >= 0.6 is 23.8 Å². The van der Waals surface area contributed by atoms with Gasteiger partial charge < -0.3 is 10.1 Å². The van der Waals surface area contributed by atoms with E-state index in [1.54, 1.807) is 6.92 Å². The summed E-state index contributed by atoms with van der Waals surface area (Å²) in [5, 5.41) is 4.67. The molecule has 0 spiro atoms. The second-order valence-electron chi connectivity index (χ2n) is 5.03. The first kappa shape index (κ1) is 20.0. The van der Waals surface area contributed by atoms with Crippen LogP contribution in [0.25, 0.3) is 0 Å². The van der Waals surface area contributed by atoms with Crippen LogP contribution in [0.15, 0.2) is 42.5 Å². The van der Waals surface area contributed by atoms with Crippen LogP contribution in [0.3, 0.4) is 0 Å². The Morgan fingerprint density at radius 3 is 2.54 bits per heavy atom. The van der Waals surface area contributed by atoms with E-state index in [0.29, 0.717) is 12.4 Å². The molecule has 0 atom stereocenters. The van der Waals surface area contributed by atoms with Crippen molar-refractivity contribution in [3.05, 3.63) is 58.6 Å². The van der Waals surface area contributed by atoms with Gasteiger partial charge in [-0.05, 0) is 49.5 Å². The van der Waals surface area contributed by atoms with Gasteiger partial charge in [0.05, 0.1) is 22.9 Å². The Morgan fingerprint density at radius 2 is 1.92 bits per heavy atom. The van der Waals surface area contributed by atoms with Crippen molar-refractivity contribution in [1.82, 2.24) is 5.32 Å². The Bertz CT molecular complexity index is 828. The van der Waals surface area contributed by atoms with Crippen molar-refractivity contribution >= 4 is 40.5 Å². The molecule has 0 heterocycles. The minimum Gasteiger partial charge on any atom is -0.492 e. The van der Waals surface area contributed by atoms with Gasteiger partial charge in [-0.15, -0.1) is 0 Å². The number of hydrogen-bond acceptors (Lipinski definition) is 3. The summed E-state index contributed by atoms with van der Waals surface area (Å²) in [5.41, 5.74) is -0.956. The third-order valence-electron chi connectivity index (χ3n) is 3.20. The maximum atomic E-state index is 13.0. The number of carbonyl (C=O) groups is 1. The van der Waals surface area contributed by atoms with Crippen LogP contribution in [0.5, 0.6) is 5.75 Å². The summed E-state index contributed by atoms with van der Waals surface area (Å²) in [5.74, 6) is -0.192. The number of carbonyl (C=O) groups excluding carboxylic acids is 1. The summed E-state index contributed by atoms with van der Waals surface area (Å²) in [6, 6.07) is 9.20. The number of hydrogen-bond donors (Lipinski definition) is 2. The third-order valence-corrected chi connectivity index (χ3v) is 3.70. The summed E-state index contributed by atoms with van der Waals surface area (Å²) in [7, 11) is 0. The standard InChI is InChI=1S/C17H14ClF3N2O2S/c1-2-25-14-8-7-10(9-12(14)18)15(24)23-16(26)22-13-6-4-3-5-11(13)17(19,20)21/h3-9H,2H2,1H3,(H2,22,23,24,26). The van der Waals surface area contributed by atoms with Crippen LogP contribution in [0.4, 0.5) is 18.9 Å². The number of ether oxygens (including phenoxy) is 1. The van der Waals surface area contributed by atoms with Gasteiger partial charge >= 0.3 is 6.18 Å². The van der Waals surface area contributed by atoms with Gasteiger partial charge in [-0.25, -0.2) is 0 Å². The fraction of sp³-hybridized carbons (Fsp3) is 0.176. The van der Waals surface area contributed by atoms with Crippen LogP contribution in [-0.2, 0) is 6.18 Å². The average molecular weight is 403 g/mol. The molecule has 0 unspecified atom stereocenters. The maximum Gasteiger partial charge on any atom is 0.418 e. The zero-order chi connectivity index (χ0) is 19.3. The molecular weight excluding hydrogens is 389 g/mol. The van der Waals surface area contributed by atoms with Crippen molar-refractivity contribution < 1.29 is 22.7 Å². The molecule has 0 aliphatic rings. The van der Waals surface area contributed by atoms with Crippen LogP contribution in [0.1, 0.15) is 22.8 Å². The predicted octanol–water partition coefficient (Wildman–Crippen LogP) is 4.88. The lowest BCUT2D eigenvalue weighted by atomic mass is 10.1. The molecule has 1 amide bonds. The van der Waals surface area contributed by atoms with E-state index in [1.165, 1.54) is 36.4 Å². The number of alkyl halides is 3. The Balaban J connectivity index is 2.09. The predicted molar refractivity (Wildman–Crippen MR) is 97.8 cm³/mol. The van der Waals surface area contributed by atoms with Gasteiger partial charge in [-0.2, -0.15) is 13.2 Å². The zero-order valence-corrected chi connectivity index (χ0v) is 15.1. The van der Waals surface area contributed by atoms with Gasteiger partial charge in [0.2, 0.25) is 0 Å². The molecule has 0 aliphatic carbocycles. The van der Waals surface area contributed by atoms with E-state index in [0.717, 1.165) is 6.07 Å². The molecular formula is C17H14ClF3N2O2S. The lowest BCUT2D eigenvalue weighted by Gasteiger charge is -2.15. The van der Waals surface area contributed by atoms with E-state index >= 15 is 0 Å². The molecule has 2 aromatic rings. The number of amides is 1. The molecule has 2 aromatic carbocycles. The van der Waals surface area contributed by atoms with Gasteiger partial charge in [0.25, 0.3) is 5.91 Å². The largest absolute Gasteiger partial charge is 0.492 e. The number of para-hydroxylation sites is 1. The van der Waals surface area contributed by atoms with Gasteiger partial charge in [0, 0.05) is 5.56 Å². The fourth-order valence-electron chi connectivity index (χ4n) is 2.08. The van der Waals surface area contributed by atoms with E-state index in [9.17, 15) is 18.0 Å². The highest BCUT2D eigenvalue weighted by Crippen LogP contribution is 2.34. The van der Waals surface area contributed by atoms with E-state index in [4.69, 9.17) is 28.6 Å². The Morgan fingerprint density at radius 1 is 1.23 bits per heavy atom. The highest BCUT2D eigenvalue weighted by atomic mass is 35.5. The molecule has 0 aromatic heterocycles. The number of halogens is 4. The number of rotatable bonds is 4. The summed E-state index contributed by atoms with van der Waals surface area (Å²) < 4.78 is 44.2. The SMILES string of the molecule is CCOc1ccc(C(=O)NC(=S)Nc2ccccc2C(F)(F)F)cc1Cl. The van der Waals surface area contributed by atoms with Crippen LogP contribution in [-0.4, -0.2) is 17.6 Å². The second kappa shape index (κ2) is 8.37. The number of nitrogens with one attached hydrogen (secondary N) is 2. The molecule has 4 nitrogen and oxygen atoms in total. The number of anilines is 1. The molecule has 2 rings (SSSR count). The van der Waals surface area contributed by atoms with Crippen molar-refractivity contribution in [2.45, 2.75) is 13.1 Å². The molecule has 0 saturated carbocycles. The number of thiocarbonyl (C=S) groups is 1. The molecule has 0 bridgehead atoms. The van der Waals surface area contributed by atoms with E-state index < -0.39 is 17.6 Å². The fourth-order valence-corrected chi connectivity index (χ4v) is 2.52. The van der Waals surface area contributed by atoms with Crippen molar-refractivity contribution in [2.75, 3.05) is 11.9 Å².